The first-order valence-corrected chi connectivity index (χ1v) is 6.26. The molecule has 0 spiro atoms. The Morgan fingerprint density at radius 2 is 2.37 bits per heavy atom. The molecule has 19 heavy (non-hydrogen) atoms. The lowest BCUT2D eigenvalue weighted by molar-refractivity contribution is 0.0164. The van der Waals surface area contributed by atoms with E-state index in [9.17, 15) is 9.18 Å². The summed E-state index contributed by atoms with van der Waals surface area (Å²) in [4.78, 5) is 13.4. The fourth-order valence-electron chi connectivity index (χ4n) is 1.90. The van der Waals surface area contributed by atoms with Gasteiger partial charge >= 0.3 is 6.03 Å². The summed E-state index contributed by atoms with van der Waals surface area (Å²) in [7, 11) is 1.66. The standard InChI is InChI=1S/C13H18FN3O2/c1-17(9-10-8-15-6-7-19-10)13(18)16-12-5-3-2-4-11(12)14/h2-5,10,15H,6-9H2,1H3,(H,16,18). The van der Waals surface area contributed by atoms with Gasteiger partial charge in [0.05, 0.1) is 18.4 Å². The molecule has 1 saturated heterocycles. The number of benzene rings is 1. The summed E-state index contributed by atoms with van der Waals surface area (Å²) in [6, 6.07) is 5.74. The average Bonchev–Trinajstić information content (AvgIpc) is 2.42. The minimum Gasteiger partial charge on any atom is -0.374 e. The van der Waals surface area contributed by atoms with E-state index in [1.807, 2.05) is 0 Å². The first kappa shape index (κ1) is 13.8. The Kier molecular flexibility index (Phi) is 4.70. The molecule has 6 heteroatoms. The number of rotatable bonds is 3. The number of carbonyl (C=O) groups is 1. The maximum Gasteiger partial charge on any atom is 0.321 e. The van der Waals surface area contributed by atoms with Crippen LogP contribution in [0.5, 0.6) is 0 Å². The summed E-state index contributed by atoms with van der Waals surface area (Å²) in [5, 5.41) is 5.73. The number of ether oxygens (including phenoxy) is 1. The van der Waals surface area contributed by atoms with E-state index in [0.29, 0.717) is 13.2 Å². The molecule has 0 saturated carbocycles. The molecule has 0 aliphatic carbocycles. The van der Waals surface area contributed by atoms with Gasteiger partial charge in [0, 0.05) is 26.7 Å². The van der Waals surface area contributed by atoms with Gasteiger partial charge in [-0.3, -0.25) is 0 Å². The summed E-state index contributed by atoms with van der Waals surface area (Å²) in [5.41, 5.74) is 0.182. The largest absolute Gasteiger partial charge is 0.374 e. The van der Waals surface area contributed by atoms with Crippen molar-refractivity contribution in [3.05, 3.63) is 30.1 Å². The Hall–Kier alpha value is -1.66. The van der Waals surface area contributed by atoms with Gasteiger partial charge in [0.1, 0.15) is 5.82 Å². The summed E-state index contributed by atoms with van der Waals surface area (Å²) < 4.78 is 18.9. The van der Waals surface area contributed by atoms with Crippen molar-refractivity contribution in [3.8, 4) is 0 Å². The number of amides is 2. The summed E-state index contributed by atoms with van der Waals surface area (Å²) in [6.45, 7) is 2.67. The second-order valence-electron chi connectivity index (χ2n) is 4.49. The molecule has 1 aromatic rings. The van der Waals surface area contributed by atoms with Crippen LogP contribution >= 0.6 is 0 Å². The number of para-hydroxylation sites is 1. The third-order valence-electron chi connectivity index (χ3n) is 2.94. The average molecular weight is 267 g/mol. The molecule has 1 unspecified atom stereocenters. The highest BCUT2D eigenvalue weighted by atomic mass is 19.1. The quantitative estimate of drug-likeness (QED) is 0.867. The van der Waals surface area contributed by atoms with Gasteiger partial charge in [-0.15, -0.1) is 0 Å². The lowest BCUT2D eigenvalue weighted by Gasteiger charge is -2.28. The fraction of sp³-hybridized carbons (Fsp3) is 0.462. The molecule has 0 bridgehead atoms. The van der Waals surface area contributed by atoms with Crippen LogP contribution < -0.4 is 10.6 Å². The van der Waals surface area contributed by atoms with Crippen LogP contribution in [0.3, 0.4) is 0 Å². The van der Waals surface area contributed by atoms with Gasteiger partial charge < -0.3 is 20.3 Å². The van der Waals surface area contributed by atoms with Crippen LogP contribution in [-0.4, -0.2) is 50.3 Å². The Morgan fingerprint density at radius 1 is 1.58 bits per heavy atom. The second kappa shape index (κ2) is 6.49. The van der Waals surface area contributed by atoms with Crippen molar-refractivity contribution in [2.24, 2.45) is 0 Å². The zero-order valence-electron chi connectivity index (χ0n) is 10.9. The van der Waals surface area contributed by atoms with Crippen molar-refractivity contribution < 1.29 is 13.9 Å². The van der Waals surface area contributed by atoms with E-state index in [-0.39, 0.29) is 17.8 Å². The topological polar surface area (TPSA) is 53.6 Å². The Morgan fingerprint density at radius 3 is 3.05 bits per heavy atom. The van der Waals surface area contributed by atoms with Gasteiger partial charge in [-0.05, 0) is 12.1 Å². The van der Waals surface area contributed by atoms with Crippen molar-refractivity contribution in [3.63, 3.8) is 0 Å². The molecule has 1 atom stereocenters. The number of morpholine rings is 1. The van der Waals surface area contributed by atoms with E-state index in [2.05, 4.69) is 10.6 Å². The van der Waals surface area contributed by atoms with Crippen molar-refractivity contribution in [2.45, 2.75) is 6.10 Å². The molecule has 2 N–H and O–H groups in total. The van der Waals surface area contributed by atoms with Crippen molar-refractivity contribution in [1.82, 2.24) is 10.2 Å². The molecule has 1 fully saturated rings. The fourth-order valence-corrected chi connectivity index (χ4v) is 1.90. The van der Waals surface area contributed by atoms with Crippen LogP contribution in [-0.2, 0) is 4.74 Å². The Bertz CT molecular complexity index is 436. The molecule has 104 valence electrons. The molecular formula is C13H18FN3O2. The number of nitrogens with zero attached hydrogens (tertiary/aromatic N) is 1. The van der Waals surface area contributed by atoms with Gasteiger partial charge in [-0.25, -0.2) is 9.18 Å². The van der Waals surface area contributed by atoms with Crippen LogP contribution in [0.25, 0.3) is 0 Å². The highest BCUT2D eigenvalue weighted by Crippen LogP contribution is 2.13. The van der Waals surface area contributed by atoms with E-state index in [0.717, 1.165) is 13.1 Å². The number of urea groups is 1. The summed E-state index contributed by atoms with van der Waals surface area (Å²) in [6.07, 6.45) is -0.0230. The maximum absolute atomic E-state index is 13.4. The van der Waals surface area contributed by atoms with Crippen molar-refractivity contribution in [1.29, 1.82) is 0 Å². The molecule has 1 aliphatic heterocycles. The molecule has 0 aromatic heterocycles. The number of halogens is 1. The first-order chi connectivity index (χ1) is 9.16. The molecule has 5 nitrogen and oxygen atoms in total. The van der Waals surface area contributed by atoms with Crippen LogP contribution in [0.4, 0.5) is 14.9 Å². The minimum atomic E-state index is -0.445. The highest BCUT2D eigenvalue weighted by molar-refractivity contribution is 5.89. The summed E-state index contributed by atoms with van der Waals surface area (Å²) >= 11 is 0. The number of hydrogen-bond donors (Lipinski definition) is 2. The second-order valence-corrected chi connectivity index (χ2v) is 4.49. The van der Waals surface area contributed by atoms with Crippen LogP contribution in [0.2, 0.25) is 0 Å². The lowest BCUT2D eigenvalue weighted by Crippen LogP contribution is -2.46. The maximum atomic E-state index is 13.4. The number of nitrogens with one attached hydrogen (secondary N) is 2. The third-order valence-corrected chi connectivity index (χ3v) is 2.94. The van der Waals surface area contributed by atoms with Gasteiger partial charge in [0.2, 0.25) is 0 Å². The van der Waals surface area contributed by atoms with Crippen molar-refractivity contribution >= 4 is 11.7 Å². The van der Waals surface area contributed by atoms with E-state index in [4.69, 9.17) is 4.74 Å². The van der Waals surface area contributed by atoms with Gasteiger partial charge in [0.15, 0.2) is 0 Å². The lowest BCUT2D eigenvalue weighted by atomic mass is 10.3. The number of carbonyl (C=O) groups excluding carboxylic acids is 1. The molecule has 1 aliphatic rings. The van der Waals surface area contributed by atoms with Crippen LogP contribution in [0.15, 0.2) is 24.3 Å². The monoisotopic (exact) mass is 267 g/mol. The van der Waals surface area contributed by atoms with Gasteiger partial charge in [-0.1, -0.05) is 12.1 Å². The zero-order chi connectivity index (χ0) is 13.7. The van der Waals surface area contributed by atoms with E-state index in [1.54, 1.807) is 19.2 Å². The first-order valence-electron chi connectivity index (χ1n) is 6.26. The van der Waals surface area contributed by atoms with E-state index in [1.165, 1.54) is 17.0 Å². The minimum absolute atomic E-state index is 0.0230. The molecule has 1 aromatic carbocycles. The number of hydrogen-bond acceptors (Lipinski definition) is 3. The molecular weight excluding hydrogens is 249 g/mol. The Labute approximate surface area is 111 Å². The predicted molar refractivity (Wildman–Crippen MR) is 70.7 cm³/mol. The number of anilines is 1. The molecule has 2 amide bonds. The molecule has 2 rings (SSSR count). The Balaban J connectivity index is 1.87. The SMILES string of the molecule is CN(CC1CNCCO1)C(=O)Nc1ccccc1F. The smallest absolute Gasteiger partial charge is 0.321 e. The third kappa shape index (κ3) is 3.90. The van der Waals surface area contributed by atoms with Gasteiger partial charge in [-0.2, -0.15) is 0 Å². The van der Waals surface area contributed by atoms with Crippen LogP contribution in [0, 0.1) is 5.82 Å². The van der Waals surface area contributed by atoms with Crippen molar-refractivity contribution in [2.75, 3.05) is 38.6 Å². The van der Waals surface area contributed by atoms with E-state index >= 15 is 0 Å². The molecule has 1 heterocycles. The van der Waals surface area contributed by atoms with E-state index < -0.39 is 5.82 Å². The highest BCUT2D eigenvalue weighted by Gasteiger charge is 2.19. The van der Waals surface area contributed by atoms with Gasteiger partial charge in [0.25, 0.3) is 0 Å². The predicted octanol–water partition coefficient (Wildman–Crippen LogP) is 1.28. The molecule has 0 radical (unpaired) electrons. The summed E-state index contributed by atoms with van der Waals surface area (Å²) in [5.74, 6) is -0.445. The zero-order valence-corrected chi connectivity index (χ0v) is 10.9. The normalized spacial score (nSPS) is 18.9. The van der Waals surface area contributed by atoms with Crippen LogP contribution in [0.1, 0.15) is 0 Å². The number of likely N-dealkylation sites (N-methyl/N-ethyl adjacent to an activating group) is 1.